The zero-order chi connectivity index (χ0) is 9.30. The molecule has 0 aliphatic carbocycles. The molecule has 0 saturated carbocycles. The summed E-state index contributed by atoms with van der Waals surface area (Å²) in [5.74, 6) is -0.209. The van der Waals surface area contributed by atoms with Crippen LogP contribution in [0.2, 0.25) is 0 Å². The minimum atomic E-state index is -0.209. The van der Waals surface area contributed by atoms with Gasteiger partial charge in [-0.25, -0.2) is 4.39 Å². The van der Waals surface area contributed by atoms with Crippen LogP contribution in [0.15, 0.2) is 16.6 Å². The highest BCUT2D eigenvalue weighted by atomic mass is 79.9. The largest absolute Gasteiger partial charge is 0.324 e. The Kier molecular flexibility index (Phi) is 2.85. The van der Waals surface area contributed by atoms with Gasteiger partial charge in [-0.1, -0.05) is 6.07 Å². The van der Waals surface area contributed by atoms with E-state index in [2.05, 4.69) is 15.9 Å². The molecule has 0 saturated heterocycles. The topological polar surface area (TPSA) is 26.0 Å². The summed E-state index contributed by atoms with van der Waals surface area (Å²) in [6.45, 7) is 3.60. The van der Waals surface area contributed by atoms with E-state index in [0.717, 1.165) is 5.56 Å². The van der Waals surface area contributed by atoms with Gasteiger partial charge >= 0.3 is 0 Å². The van der Waals surface area contributed by atoms with Crippen LogP contribution in [0.1, 0.15) is 24.1 Å². The first-order chi connectivity index (χ1) is 5.52. The summed E-state index contributed by atoms with van der Waals surface area (Å²) in [5, 5.41) is 0. The van der Waals surface area contributed by atoms with Crippen LogP contribution in [0.5, 0.6) is 0 Å². The molecular weight excluding hydrogens is 221 g/mol. The van der Waals surface area contributed by atoms with Gasteiger partial charge in [-0.2, -0.15) is 0 Å². The Morgan fingerprint density at radius 2 is 2.08 bits per heavy atom. The van der Waals surface area contributed by atoms with Gasteiger partial charge in [-0.3, -0.25) is 0 Å². The SMILES string of the molecule is Cc1cc(C(C)N)cc(Br)c1F. The predicted molar refractivity (Wildman–Crippen MR) is 51.4 cm³/mol. The second kappa shape index (κ2) is 3.54. The molecule has 0 aliphatic rings. The average Bonchev–Trinajstić information content (AvgIpc) is 1.99. The maximum Gasteiger partial charge on any atom is 0.140 e. The standard InChI is InChI=1S/C9H11BrFN/c1-5-3-7(6(2)12)4-8(10)9(5)11/h3-4,6H,12H2,1-2H3. The minimum absolute atomic E-state index is 0.0550. The Morgan fingerprint density at radius 3 is 2.50 bits per heavy atom. The van der Waals surface area contributed by atoms with Crippen LogP contribution in [0.3, 0.4) is 0 Å². The van der Waals surface area contributed by atoms with Gasteiger partial charge in [0.2, 0.25) is 0 Å². The summed E-state index contributed by atoms with van der Waals surface area (Å²) < 4.78 is 13.6. The van der Waals surface area contributed by atoms with Crippen molar-refractivity contribution >= 4 is 15.9 Å². The van der Waals surface area contributed by atoms with Crippen LogP contribution in [-0.4, -0.2) is 0 Å². The third kappa shape index (κ3) is 1.84. The lowest BCUT2D eigenvalue weighted by atomic mass is 10.1. The van der Waals surface area contributed by atoms with E-state index >= 15 is 0 Å². The molecule has 0 bridgehead atoms. The molecule has 0 heterocycles. The van der Waals surface area contributed by atoms with Crippen molar-refractivity contribution < 1.29 is 4.39 Å². The normalized spacial score (nSPS) is 13.1. The summed E-state index contributed by atoms with van der Waals surface area (Å²) in [6, 6.07) is 3.43. The van der Waals surface area contributed by atoms with Crippen molar-refractivity contribution in [2.24, 2.45) is 5.73 Å². The van der Waals surface area contributed by atoms with Crippen LogP contribution in [0, 0.1) is 12.7 Å². The molecule has 1 aromatic carbocycles. The zero-order valence-electron chi connectivity index (χ0n) is 7.07. The van der Waals surface area contributed by atoms with E-state index in [1.165, 1.54) is 0 Å². The van der Waals surface area contributed by atoms with Crippen LogP contribution in [0.25, 0.3) is 0 Å². The lowest BCUT2D eigenvalue weighted by Gasteiger charge is -2.08. The fourth-order valence-electron chi connectivity index (χ4n) is 1.02. The first-order valence-electron chi connectivity index (χ1n) is 3.73. The summed E-state index contributed by atoms with van der Waals surface area (Å²) in [7, 11) is 0. The van der Waals surface area contributed by atoms with E-state index in [4.69, 9.17) is 5.73 Å². The quantitative estimate of drug-likeness (QED) is 0.791. The fraction of sp³-hybridized carbons (Fsp3) is 0.333. The van der Waals surface area contributed by atoms with Gasteiger partial charge in [0, 0.05) is 6.04 Å². The molecule has 1 unspecified atom stereocenters. The van der Waals surface area contributed by atoms with E-state index in [-0.39, 0.29) is 11.9 Å². The van der Waals surface area contributed by atoms with Crippen LogP contribution in [-0.2, 0) is 0 Å². The lowest BCUT2D eigenvalue weighted by Crippen LogP contribution is -2.05. The fourth-order valence-corrected chi connectivity index (χ4v) is 1.59. The zero-order valence-corrected chi connectivity index (χ0v) is 8.65. The van der Waals surface area contributed by atoms with Crippen molar-refractivity contribution in [2.45, 2.75) is 19.9 Å². The number of aryl methyl sites for hydroxylation is 1. The Bertz CT molecular complexity index is 274. The third-order valence-electron chi connectivity index (χ3n) is 1.76. The average molecular weight is 232 g/mol. The van der Waals surface area contributed by atoms with Crippen molar-refractivity contribution in [1.29, 1.82) is 0 Å². The second-order valence-electron chi connectivity index (χ2n) is 2.92. The molecule has 1 atom stereocenters. The molecule has 66 valence electrons. The van der Waals surface area contributed by atoms with Gasteiger partial charge in [-0.15, -0.1) is 0 Å². The molecule has 1 nitrogen and oxygen atoms in total. The highest BCUT2D eigenvalue weighted by Crippen LogP contribution is 2.23. The minimum Gasteiger partial charge on any atom is -0.324 e. The first kappa shape index (κ1) is 9.68. The van der Waals surface area contributed by atoms with Gasteiger partial charge < -0.3 is 5.73 Å². The van der Waals surface area contributed by atoms with E-state index in [1.807, 2.05) is 6.92 Å². The molecule has 3 heteroatoms. The monoisotopic (exact) mass is 231 g/mol. The summed E-state index contributed by atoms with van der Waals surface area (Å²) in [4.78, 5) is 0. The Hall–Kier alpha value is -0.410. The molecule has 0 aliphatic heterocycles. The molecule has 0 spiro atoms. The maximum absolute atomic E-state index is 13.1. The van der Waals surface area contributed by atoms with Crippen LogP contribution in [0.4, 0.5) is 4.39 Å². The maximum atomic E-state index is 13.1. The smallest absolute Gasteiger partial charge is 0.140 e. The third-order valence-corrected chi connectivity index (χ3v) is 2.34. The van der Waals surface area contributed by atoms with E-state index in [0.29, 0.717) is 10.0 Å². The van der Waals surface area contributed by atoms with E-state index in [1.54, 1.807) is 19.1 Å². The number of benzene rings is 1. The van der Waals surface area contributed by atoms with Gasteiger partial charge in [0.1, 0.15) is 5.82 Å². The highest BCUT2D eigenvalue weighted by Gasteiger charge is 2.07. The van der Waals surface area contributed by atoms with E-state index < -0.39 is 0 Å². The molecular formula is C9H11BrFN. The molecule has 1 rings (SSSR count). The first-order valence-corrected chi connectivity index (χ1v) is 4.53. The summed E-state index contributed by atoms with van der Waals surface area (Å²) in [6.07, 6.45) is 0. The molecule has 0 aromatic heterocycles. The van der Waals surface area contributed by atoms with Crippen molar-refractivity contribution in [3.8, 4) is 0 Å². The number of hydrogen-bond acceptors (Lipinski definition) is 1. The molecule has 0 amide bonds. The van der Waals surface area contributed by atoms with Gasteiger partial charge in [0.05, 0.1) is 4.47 Å². The number of halogens is 2. The Morgan fingerprint density at radius 1 is 1.50 bits per heavy atom. The summed E-state index contributed by atoms with van der Waals surface area (Å²) in [5.41, 5.74) is 7.23. The van der Waals surface area contributed by atoms with Crippen molar-refractivity contribution in [2.75, 3.05) is 0 Å². The molecule has 1 aromatic rings. The number of rotatable bonds is 1. The van der Waals surface area contributed by atoms with Crippen LogP contribution >= 0.6 is 15.9 Å². The molecule has 12 heavy (non-hydrogen) atoms. The molecule has 2 N–H and O–H groups in total. The molecule has 0 radical (unpaired) electrons. The number of nitrogens with two attached hydrogens (primary N) is 1. The second-order valence-corrected chi connectivity index (χ2v) is 3.78. The van der Waals surface area contributed by atoms with Crippen molar-refractivity contribution in [3.63, 3.8) is 0 Å². The molecule has 0 fully saturated rings. The van der Waals surface area contributed by atoms with Gasteiger partial charge in [-0.05, 0) is 47.0 Å². The Balaban J connectivity index is 3.21. The number of hydrogen-bond donors (Lipinski definition) is 1. The van der Waals surface area contributed by atoms with E-state index in [9.17, 15) is 4.39 Å². The predicted octanol–water partition coefficient (Wildman–Crippen LogP) is 2.92. The van der Waals surface area contributed by atoms with Crippen LogP contribution < -0.4 is 5.73 Å². The Labute approximate surface area is 79.9 Å². The van der Waals surface area contributed by atoms with Gasteiger partial charge in [0.15, 0.2) is 0 Å². The summed E-state index contributed by atoms with van der Waals surface area (Å²) >= 11 is 3.13. The highest BCUT2D eigenvalue weighted by molar-refractivity contribution is 9.10. The van der Waals surface area contributed by atoms with Gasteiger partial charge in [0.25, 0.3) is 0 Å². The van der Waals surface area contributed by atoms with Crippen molar-refractivity contribution in [1.82, 2.24) is 0 Å². The lowest BCUT2D eigenvalue weighted by molar-refractivity contribution is 0.609. The van der Waals surface area contributed by atoms with Crippen molar-refractivity contribution in [3.05, 3.63) is 33.5 Å².